The number of halogens is 1. The van der Waals surface area contributed by atoms with Gasteiger partial charge in [0.1, 0.15) is 0 Å². The molecule has 0 unspecified atom stereocenters. The summed E-state index contributed by atoms with van der Waals surface area (Å²) in [6, 6.07) is 11.2. The molecule has 0 spiro atoms. The number of nitrogen functional groups attached to an aromatic ring is 1. The molecule has 0 aromatic heterocycles. The average molecular weight is 413 g/mol. The lowest BCUT2D eigenvalue weighted by molar-refractivity contribution is 0.102. The maximum atomic E-state index is 12.7. The van der Waals surface area contributed by atoms with Crippen molar-refractivity contribution in [1.82, 2.24) is 4.31 Å². The summed E-state index contributed by atoms with van der Waals surface area (Å²) in [6.07, 6.45) is 0. The quantitative estimate of drug-likeness (QED) is 0.606. The first-order valence-electron chi connectivity index (χ1n) is 8.32. The molecule has 0 aliphatic heterocycles. The van der Waals surface area contributed by atoms with E-state index in [1.807, 2.05) is 0 Å². The fourth-order valence-corrected chi connectivity index (χ4v) is 4.08. The highest BCUT2D eigenvalue weighted by molar-refractivity contribution is 7.89. The molecule has 0 aliphatic carbocycles. The molecule has 27 heavy (non-hydrogen) atoms. The van der Waals surface area contributed by atoms with Gasteiger partial charge in [0.2, 0.25) is 10.0 Å². The van der Waals surface area contributed by atoms with Gasteiger partial charge in [0.05, 0.1) is 16.3 Å². The van der Waals surface area contributed by atoms with Gasteiger partial charge in [0.15, 0.2) is 0 Å². The van der Waals surface area contributed by atoms with E-state index in [1.54, 1.807) is 51.2 Å². The van der Waals surface area contributed by atoms with Gasteiger partial charge in [0, 0.05) is 31.4 Å². The lowest BCUT2D eigenvalue weighted by atomic mass is 10.2. The van der Waals surface area contributed by atoms with Crippen LogP contribution in [0.1, 0.15) is 24.2 Å². The van der Waals surface area contributed by atoms with Gasteiger partial charge >= 0.3 is 0 Å². The maximum absolute atomic E-state index is 12.7. The van der Waals surface area contributed by atoms with E-state index in [0.29, 0.717) is 35.7 Å². The summed E-state index contributed by atoms with van der Waals surface area (Å²) in [4.78, 5) is 12.6. The molecule has 9 heteroatoms. The van der Waals surface area contributed by atoms with Crippen molar-refractivity contribution >= 4 is 45.4 Å². The van der Waals surface area contributed by atoms with E-state index in [1.165, 1.54) is 16.4 Å². The number of anilines is 3. The van der Waals surface area contributed by atoms with Gasteiger partial charge < -0.3 is 16.4 Å². The normalized spacial score (nSPS) is 11.0. The smallest absolute Gasteiger partial charge is 0.255 e. The van der Waals surface area contributed by atoms with E-state index in [2.05, 4.69) is 10.6 Å². The van der Waals surface area contributed by atoms with Crippen molar-refractivity contribution in [1.29, 1.82) is 0 Å². The zero-order chi connectivity index (χ0) is 19.3. The Bertz CT molecular complexity index is 899. The Kier molecular flexibility index (Phi) is 8.08. The fourth-order valence-electron chi connectivity index (χ4n) is 2.59. The highest BCUT2D eigenvalue weighted by Gasteiger charge is 2.23. The van der Waals surface area contributed by atoms with Crippen LogP contribution in [0.3, 0.4) is 0 Å². The SMILES string of the molecule is CCN(CC)S(=O)(=O)c1ccc(NC)c(NC(=O)c2cccc(N)c2)c1.Cl. The van der Waals surface area contributed by atoms with E-state index >= 15 is 0 Å². The van der Waals surface area contributed by atoms with Crippen molar-refractivity contribution in [3.05, 3.63) is 48.0 Å². The first-order chi connectivity index (χ1) is 12.3. The van der Waals surface area contributed by atoms with Gasteiger partial charge in [-0.05, 0) is 36.4 Å². The molecule has 0 aliphatic rings. The molecule has 4 N–H and O–H groups in total. The second-order valence-electron chi connectivity index (χ2n) is 5.63. The van der Waals surface area contributed by atoms with Crippen LogP contribution in [0.4, 0.5) is 17.1 Å². The zero-order valence-corrected chi connectivity index (χ0v) is 17.2. The number of nitrogens with one attached hydrogen (secondary N) is 2. The van der Waals surface area contributed by atoms with Crippen LogP contribution in [0.5, 0.6) is 0 Å². The number of hydrogen-bond acceptors (Lipinski definition) is 5. The lowest BCUT2D eigenvalue weighted by Crippen LogP contribution is -2.30. The largest absolute Gasteiger partial charge is 0.399 e. The first kappa shape index (κ1) is 22.8. The monoisotopic (exact) mass is 412 g/mol. The van der Waals surface area contributed by atoms with Gasteiger partial charge in [0.25, 0.3) is 5.91 Å². The molecule has 1 amide bonds. The van der Waals surface area contributed by atoms with Crippen LogP contribution < -0.4 is 16.4 Å². The van der Waals surface area contributed by atoms with Gasteiger partial charge in [-0.25, -0.2) is 8.42 Å². The van der Waals surface area contributed by atoms with E-state index in [-0.39, 0.29) is 23.2 Å². The highest BCUT2D eigenvalue weighted by atomic mass is 35.5. The molecule has 7 nitrogen and oxygen atoms in total. The molecule has 0 atom stereocenters. The summed E-state index contributed by atoms with van der Waals surface area (Å²) in [5.74, 6) is -0.369. The number of hydrogen-bond donors (Lipinski definition) is 3. The summed E-state index contributed by atoms with van der Waals surface area (Å²) >= 11 is 0. The van der Waals surface area contributed by atoms with Gasteiger partial charge in [-0.1, -0.05) is 19.9 Å². The molecule has 0 heterocycles. The van der Waals surface area contributed by atoms with E-state index in [4.69, 9.17) is 5.73 Å². The Labute approximate surface area is 166 Å². The fraction of sp³-hybridized carbons (Fsp3) is 0.278. The topological polar surface area (TPSA) is 105 Å². The molecule has 2 rings (SSSR count). The minimum Gasteiger partial charge on any atom is -0.399 e. The standard InChI is InChI=1S/C18H24N4O3S.ClH/c1-4-22(5-2)26(24,25)15-9-10-16(20-3)17(12-15)21-18(23)13-7-6-8-14(19)11-13;/h6-12,20H,4-5,19H2,1-3H3,(H,21,23);1H. The summed E-state index contributed by atoms with van der Waals surface area (Å²) in [5, 5.41) is 5.70. The number of carbonyl (C=O) groups is 1. The number of rotatable bonds is 7. The summed E-state index contributed by atoms with van der Waals surface area (Å²) < 4.78 is 26.8. The Balaban J connectivity index is 0.00000364. The van der Waals surface area contributed by atoms with Crippen LogP contribution in [0.2, 0.25) is 0 Å². The summed E-state index contributed by atoms with van der Waals surface area (Å²) in [5.41, 5.74) is 7.58. The number of nitrogens with two attached hydrogens (primary N) is 1. The molecule has 2 aromatic carbocycles. The molecular formula is C18H25ClN4O3S. The third-order valence-electron chi connectivity index (χ3n) is 4.00. The number of amides is 1. The van der Waals surface area contributed by atoms with Crippen molar-refractivity contribution in [2.24, 2.45) is 0 Å². The molecule has 148 valence electrons. The second-order valence-corrected chi connectivity index (χ2v) is 7.56. The highest BCUT2D eigenvalue weighted by Crippen LogP contribution is 2.27. The van der Waals surface area contributed by atoms with E-state index in [0.717, 1.165) is 0 Å². The first-order valence-corrected chi connectivity index (χ1v) is 9.76. The van der Waals surface area contributed by atoms with Crippen LogP contribution in [0.25, 0.3) is 0 Å². The van der Waals surface area contributed by atoms with Crippen molar-refractivity contribution in [2.75, 3.05) is 36.5 Å². The molecular weight excluding hydrogens is 388 g/mol. The molecule has 2 aromatic rings. The summed E-state index contributed by atoms with van der Waals surface area (Å²) in [6.45, 7) is 4.31. The number of carbonyl (C=O) groups excluding carboxylic acids is 1. The van der Waals surface area contributed by atoms with Gasteiger partial charge in [-0.15, -0.1) is 12.4 Å². The van der Waals surface area contributed by atoms with Crippen LogP contribution in [-0.2, 0) is 10.0 Å². The van der Waals surface area contributed by atoms with Crippen molar-refractivity contribution < 1.29 is 13.2 Å². The molecule has 0 fully saturated rings. The van der Waals surface area contributed by atoms with Crippen LogP contribution in [0.15, 0.2) is 47.4 Å². The van der Waals surface area contributed by atoms with E-state index < -0.39 is 10.0 Å². The molecule has 0 saturated carbocycles. The summed E-state index contributed by atoms with van der Waals surface area (Å²) in [7, 11) is -1.92. The predicted molar refractivity (Wildman–Crippen MR) is 112 cm³/mol. The predicted octanol–water partition coefficient (Wildman–Crippen LogP) is 3.02. The van der Waals surface area contributed by atoms with Crippen LogP contribution >= 0.6 is 12.4 Å². The third kappa shape index (κ3) is 5.12. The minimum atomic E-state index is -3.62. The Morgan fingerprint density at radius 3 is 2.30 bits per heavy atom. The Morgan fingerprint density at radius 2 is 1.74 bits per heavy atom. The third-order valence-corrected chi connectivity index (χ3v) is 6.05. The van der Waals surface area contributed by atoms with Crippen molar-refractivity contribution in [3.8, 4) is 0 Å². The minimum absolute atomic E-state index is 0. The Morgan fingerprint density at radius 1 is 1.07 bits per heavy atom. The number of sulfonamides is 1. The van der Waals surface area contributed by atoms with Crippen LogP contribution in [-0.4, -0.2) is 38.8 Å². The molecule has 0 saturated heterocycles. The Hall–Kier alpha value is -2.29. The number of nitrogens with zero attached hydrogens (tertiary/aromatic N) is 1. The average Bonchev–Trinajstić information content (AvgIpc) is 2.62. The lowest BCUT2D eigenvalue weighted by Gasteiger charge is -2.20. The maximum Gasteiger partial charge on any atom is 0.255 e. The van der Waals surface area contributed by atoms with Crippen LogP contribution in [0, 0.1) is 0 Å². The van der Waals surface area contributed by atoms with E-state index in [9.17, 15) is 13.2 Å². The molecule has 0 radical (unpaired) electrons. The van der Waals surface area contributed by atoms with Crippen molar-refractivity contribution in [2.45, 2.75) is 18.7 Å². The number of benzene rings is 2. The van der Waals surface area contributed by atoms with Crippen molar-refractivity contribution in [3.63, 3.8) is 0 Å². The second kappa shape index (κ2) is 9.59. The van der Waals surface area contributed by atoms with Gasteiger partial charge in [-0.2, -0.15) is 4.31 Å². The van der Waals surface area contributed by atoms with Gasteiger partial charge in [-0.3, -0.25) is 4.79 Å². The zero-order valence-electron chi connectivity index (χ0n) is 15.5. The molecule has 0 bridgehead atoms.